The standard InChI is InChI=1S/C21H18N6O3.C14H15N5O3.C7H4FN/c1-12(19(22)28)25-18-11-17(20(23)29)26-21(27-18)13-3-7-15(8-4-13)30-16-9-5-14(24-2)6-10-16;1-7(12(15)21)17-11-6-10(13(16)22)18-14(19-11)8-2-4-9(20)5-3-8;1-9-7-4-2-6(8)3-5-7/h3-12H,1H3,(H2,22,28)(H2,23,29)(H,25,26,27);2-7,20H,1H3,(H2,15,21)(H2,16,22)(H,17,18,19);2-5H/t12-;7-;/m00./s1. The number of amides is 4. The predicted molar refractivity (Wildman–Crippen MR) is 224 cm³/mol. The number of aromatic nitrogens is 4. The van der Waals surface area contributed by atoms with E-state index in [2.05, 4.69) is 40.3 Å². The van der Waals surface area contributed by atoms with Crippen molar-refractivity contribution in [1.29, 1.82) is 0 Å². The van der Waals surface area contributed by atoms with Gasteiger partial charge in [0.05, 0.1) is 13.1 Å². The Kier molecular flexibility index (Phi) is 15.4. The van der Waals surface area contributed by atoms with Crippen molar-refractivity contribution in [3.63, 3.8) is 0 Å². The number of anilines is 2. The summed E-state index contributed by atoms with van der Waals surface area (Å²) in [5, 5.41) is 14.9. The average Bonchev–Trinajstić information content (AvgIpc) is 3.25. The van der Waals surface area contributed by atoms with Crippen molar-refractivity contribution in [3.8, 4) is 40.0 Å². The summed E-state index contributed by atoms with van der Waals surface area (Å²) in [5.74, 6) is -0.652. The zero-order chi connectivity index (χ0) is 44.6. The van der Waals surface area contributed by atoms with E-state index in [9.17, 15) is 28.7 Å². The van der Waals surface area contributed by atoms with Gasteiger partial charge in [-0.2, -0.15) is 0 Å². The minimum atomic E-state index is -0.726. The molecule has 0 fully saturated rings. The molecule has 0 aliphatic rings. The molecule has 0 saturated carbocycles. The van der Waals surface area contributed by atoms with Crippen LogP contribution in [0.5, 0.6) is 17.2 Å². The van der Waals surface area contributed by atoms with E-state index >= 15 is 0 Å². The molecule has 0 bridgehead atoms. The number of carbonyl (C=O) groups is 4. The fourth-order valence-corrected chi connectivity index (χ4v) is 4.66. The van der Waals surface area contributed by atoms with Crippen LogP contribution >= 0.6 is 0 Å². The van der Waals surface area contributed by atoms with E-state index in [-0.39, 0.29) is 46.2 Å². The number of benzene rings is 4. The smallest absolute Gasteiger partial charge is 0.267 e. The van der Waals surface area contributed by atoms with E-state index in [1.54, 1.807) is 74.5 Å². The summed E-state index contributed by atoms with van der Waals surface area (Å²) in [6.07, 6.45) is 0. The number of ether oxygens (including phenoxy) is 1. The highest BCUT2D eigenvalue weighted by atomic mass is 19.1. The Morgan fingerprint density at radius 1 is 0.607 bits per heavy atom. The lowest BCUT2D eigenvalue weighted by Crippen LogP contribution is -2.33. The van der Waals surface area contributed by atoms with Gasteiger partial charge in [0.15, 0.2) is 23.0 Å². The highest BCUT2D eigenvalue weighted by molar-refractivity contribution is 5.93. The molecule has 308 valence electrons. The first kappa shape index (κ1) is 44.7. The van der Waals surface area contributed by atoms with Gasteiger partial charge in [0, 0.05) is 23.3 Å². The summed E-state index contributed by atoms with van der Waals surface area (Å²) in [6.45, 7) is 16.6. The number of rotatable bonds is 12. The quantitative estimate of drug-likeness (QED) is 0.0755. The Morgan fingerprint density at radius 3 is 1.33 bits per heavy atom. The molecule has 19 heteroatoms. The molecule has 11 N–H and O–H groups in total. The molecule has 61 heavy (non-hydrogen) atoms. The van der Waals surface area contributed by atoms with Crippen LogP contribution in [0.25, 0.3) is 32.5 Å². The van der Waals surface area contributed by atoms with Crippen LogP contribution in [-0.2, 0) is 9.59 Å². The molecule has 6 rings (SSSR count). The number of nitrogens with one attached hydrogen (secondary N) is 2. The summed E-state index contributed by atoms with van der Waals surface area (Å²) in [4.78, 5) is 68.6. The summed E-state index contributed by atoms with van der Waals surface area (Å²) in [5.41, 5.74) is 23.3. The number of nitrogens with zero attached hydrogens (tertiary/aromatic N) is 6. The van der Waals surface area contributed by atoms with Crippen LogP contribution < -0.4 is 38.3 Å². The maximum absolute atomic E-state index is 12.1. The average molecular weight is 825 g/mol. The van der Waals surface area contributed by atoms with Gasteiger partial charge in [0.1, 0.15) is 58.2 Å². The van der Waals surface area contributed by atoms with Crippen molar-refractivity contribution in [2.24, 2.45) is 22.9 Å². The number of nitrogens with two attached hydrogens (primary N) is 4. The van der Waals surface area contributed by atoms with E-state index in [1.165, 1.54) is 48.5 Å². The van der Waals surface area contributed by atoms with Crippen LogP contribution in [-0.4, -0.2) is 60.8 Å². The first-order valence-electron chi connectivity index (χ1n) is 17.7. The van der Waals surface area contributed by atoms with E-state index in [1.807, 2.05) is 0 Å². The van der Waals surface area contributed by atoms with Crippen LogP contribution in [0.4, 0.5) is 27.4 Å². The second-order valence-electron chi connectivity index (χ2n) is 12.6. The Bertz CT molecular complexity index is 2600. The molecule has 0 radical (unpaired) electrons. The Balaban J connectivity index is 0.000000230. The predicted octanol–water partition coefficient (Wildman–Crippen LogP) is 5.48. The molecular formula is C42H37FN12O6. The van der Waals surface area contributed by atoms with E-state index in [0.29, 0.717) is 34.0 Å². The molecule has 6 aromatic rings. The van der Waals surface area contributed by atoms with Crippen LogP contribution in [0.2, 0.25) is 0 Å². The highest BCUT2D eigenvalue weighted by Gasteiger charge is 2.16. The van der Waals surface area contributed by atoms with Crippen molar-refractivity contribution in [1.82, 2.24) is 19.9 Å². The molecule has 0 unspecified atom stereocenters. The van der Waals surface area contributed by atoms with Gasteiger partial charge in [-0.05, 0) is 86.6 Å². The van der Waals surface area contributed by atoms with E-state index in [0.717, 1.165) is 0 Å². The van der Waals surface area contributed by atoms with Crippen molar-refractivity contribution in [2.45, 2.75) is 25.9 Å². The topological polar surface area (TPSA) is 286 Å². The molecule has 0 spiro atoms. The van der Waals surface area contributed by atoms with Crippen LogP contribution in [0.15, 0.2) is 109 Å². The van der Waals surface area contributed by atoms with Crippen LogP contribution in [0.3, 0.4) is 0 Å². The maximum Gasteiger partial charge on any atom is 0.267 e. The highest BCUT2D eigenvalue weighted by Crippen LogP contribution is 2.27. The molecule has 0 aliphatic heterocycles. The number of halogens is 1. The largest absolute Gasteiger partial charge is 0.508 e. The van der Waals surface area contributed by atoms with E-state index in [4.69, 9.17) is 40.8 Å². The lowest BCUT2D eigenvalue weighted by Gasteiger charge is -2.13. The zero-order valence-electron chi connectivity index (χ0n) is 32.4. The lowest BCUT2D eigenvalue weighted by molar-refractivity contribution is -0.119. The normalized spacial score (nSPS) is 11.0. The number of phenols is 1. The Labute approximate surface area is 348 Å². The van der Waals surface area contributed by atoms with Crippen molar-refractivity contribution >= 4 is 46.6 Å². The first-order chi connectivity index (χ1) is 29.0. The summed E-state index contributed by atoms with van der Waals surface area (Å²) in [6, 6.07) is 26.5. The number of aromatic hydroxyl groups is 1. The fourth-order valence-electron chi connectivity index (χ4n) is 4.66. The third kappa shape index (κ3) is 13.6. The Hall–Kier alpha value is -8.97. The Morgan fingerprint density at radius 2 is 0.967 bits per heavy atom. The molecule has 0 saturated heterocycles. The lowest BCUT2D eigenvalue weighted by atomic mass is 10.2. The molecule has 18 nitrogen and oxygen atoms in total. The molecule has 2 atom stereocenters. The van der Waals surface area contributed by atoms with Crippen LogP contribution in [0, 0.1) is 19.0 Å². The maximum atomic E-state index is 12.1. The summed E-state index contributed by atoms with van der Waals surface area (Å²) >= 11 is 0. The molecule has 2 aromatic heterocycles. The second kappa shape index (κ2) is 21.0. The monoisotopic (exact) mass is 824 g/mol. The van der Waals surface area contributed by atoms with Gasteiger partial charge in [-0.25, -0.2) is 34.0 Å². The van der Waals surface area contributed by atoms with E-state index < -0.39 is 35.7 Å². The van der Waals surface area contributed by atoms with Gasteiger partial charge in [-0.3, -0.25) is 19.2 Å². The number of hydrogen-bond acceptors (Lipinski definition) is 12. The zero-order valence-corrected chi connectivity index (χ0v) is 32.4. The SMILES string of the molecule is C[C@H](Nc1cc(C(N)=O)nc(-c2ccc(O)cc2)n1)C(N)=O.[C-]#[N+]c1ccc(F)cc1.[C-]#[N+]c1ccc(Oc2ccc(-c3nc(N[C@@H](C)C(N)=O)cc(C(N)=O)n3)cc2)cc1. The third-order valence-electron chi connectivity index (χ3n) is 7.93. The number of primary amides is 4. The molecule has 4 aromatic carbocycles. The molecular weight excluding hydrogens is 788 g/mol. The minimum Gasteiger partial charge on any atom is -0.508 e. The first-order valence-corrected chi connectivity index (χ1v) is 17.7. The van der Waals surface area contributed by atoms with Crippen molar-refractivity contribution in [3.05, 3.63) is 149 Å². The second-order valence-corrected chi connectivity index (χ2v) is 12.6. The van der Waals surface area contributed by atoms with Gasteiger partial charge in [-0.1, -0.05) is 24.3 Å². The summed E-state index contributed by atoms with van der Waals surface area (Å²) in [7, 11) is 0. The van der Waals surface area contributed by atoms with Crippen LogP contribution in [0.1, 0.15) is 34.8 Å². The van der Waals surface area contributed by atoms with Crippen molar-refractivity contribution < 1.29 is 33.4 Å². The van der Waals surface area contributed by atoms with Crippen molar-refractivity contribution in [2.75, 3.05) is 10.6 Å². The number of phenolic OH excluding ortho intramolecular Hbond substituents is 1. The molecule has 2 heterocycles. The van der Waals surface area contributed by atoms with Gasteiger partial charge in [0.25, 0.3) is 11.8 Å². The number of carbonyl (C=O) groups excluding carboxylic acids is 4. The van der Waals surface area contributed by atoms with Gasteiger partial charge >= 0.3 is 0 Å². The number of hydrogen-bond donors (Lipinski definition) is 7. The van der Waals surface area contributed by atoms with Gasteiger partial charge in [0.2, 0.25) is 11.8 Å². The molecule has 4 amide bonds. The van der Waals surface area contributed by atoms with Gasteiger partial charge in [-0.15, -0.1) is 0 Å². The third-order valence-corrected chi connectivity index (χ3v) is 7.93. The fraction of sp³-hybridized carbons (Fsp3) is 0.0952. The summed E-state index contributed by atoms with van der Waals surface area (Å²) < 4.78 is 17.9. The molecule has 0 aliphatic carbocycles. The minimum absolute atomic E-state index is 0.000561. The van der Waals surface area contributed by atoms with Gasteiger partial charge < -0.3 is 43.4 Å².